The Morgan fingerprint density at radius 1 is 0.953 bits per heavy atom. The number of nitrogens with zero attached hydrogens (tertiary/aromatic N) is 4. The number of nitrogens with one attached hydrogen (secondary N) is 2. The second-order valence-electron chi connectivity index (χ2n) is 10.1. The van der Waals surface area contributed by atoms with Crippen LogP contribution in [0.1, 0.15) is 23.1 Å². The average molecular weight is 605 g/mol. The van der Waals surface area contributed by atoms with E-state index in [0.717, 1.165) is 16.7 Å². The molecule has 7 nitrogen and oxygen atoms in total. The first kappa shape index (κ1) is 29.8. The molecule has 0 atom stereocenters. The van der Waals surface area contributed by atoms with Crippen molar-refractivity contribution in [3.63, 3.8) is 0 Å². The van der Waals surface area contributed by atoms with E-state index in [9.17, 15) is 18.0 Å². The van der Waals surface area contributed by atoms with Crippen LogP contribution < -0.4 is 10.2 Å². The minimum Gasteiger partial charge on any atom is -0.365 e. The summed E-state index contributed by atoms with van der Waals surface area (Å²) in [6.07, 6.45) is -5.33. The summed E-state index contributed by atoms with van der Waals surface area (Å²) in [5.41, 5.74) is 5.52. The van der Waals surface area contributed by atoms with Gasteiger partial charge in [-0.15, -0.1) is 10.2 Å². The third-order valence-electron chi connectivity index (χ3n) is 6.91. The van der Waals surface area contributed by atoms with Gasteiger partial charge in [0.1, 0.15) is 0 Å². The Balaban J connectivity index is 1.57. The Morgan fingerprint density at radius 3 is 2.37 bits per heavy atom. The van der Waals surface area contributed by atoms with Gasteiger partial charge in [0.25, 0.3) is 0 Å². The van der Waals surface area contributed by atoms with Gasteiger partial charge in [0.05, 0.1) is 24.2 Å². The number of alkyl halides is 3. The number of carbonyl (C=O) groups is 1. The van der Waals surface area contributed by atoms with Crippen molar-refractivity contribution in [1.29, 1.82) is 0 Å². The van der Waals surface area contributed by atoms with Crippen LogP contribution in [-0.4, -0.2) is 39.3 Å². The van der Waals surface area contributed by atoms with Crippen molar-refractivity contribution in [3.8, 4) is 22.5 Å². The number of carbonyl (C=O) groups excluding carboxylic acids is 1. The largest absolute Gasteiger partial charge is 0.390 e. The number of H-pyrrole nitrogens is 1. The van der Waals surface area contributed by atoms with Crippen LogP contribution >= 0.6 is 11.6 Å². The molecule has 0 saturated carbocycles. The van der Waals surface area contributed by atoms with E-state index in [1.807, 2.05) is 55.5 Å². The van der Waals surface area contributed by atoms with E-state index in [2.05, 4.69) is 25.9 Å². The summed E-state index contributed by atoms with van der Waals surface area (Å²) in [6.45, 7) is 1.73. The molecule has 1 aromatic heterocycles. The molecule has 0 aliphatic carbocycles. The number of amides is 1. The van der Waals surface area contributed by atoms with Crippen LogP contribution in [0.15, 0.2) is 91.0 Å². The molecule has 4 aromatic carbocycles. The van der Waals surface area contributed by atoms with Gasteiger partial charge in [-0.2, -0.15) is 18.4 Å². The molecule has 0 bridgehead atoms. The van der Waals surface area contributed by atoms with Crippen molar-refractivity contribution in [1.82, 2.24) is 20.6 Å². The van der Waals surface area contributed by atoms with Crippen molar-refractivity contribution >= 4 is 28.9 Å². The van der Waals surface area contributed by atoms with E-state index in [4.69, 9.17) is 11.6 Å². The molecular formula is C32H28ClF3N6O. The third kappa shape index (κ3) is 7.78. The molecular weight excluding hydrogens is 577 g/mol. The Bertz CT molecular complexity index is 1690. The van der Waals surface area contributed by atoms with E-state index >= 15 is 0 Å². The summed E-state index contributed by atoms with van der Waals surface area (Å²) in [5, 5.41) is 17.7. The summed E-state index contributed by atoms with van der Waals surface area (Å²) in [7, 11) is 0. The van der Waals surface area contributed by atoms with Crippen LogP contribution in [-0.2, 0) is 17.8 Å². The highest BCUT2D eigenvalue weighted by atomic mass is 35.5. The van der Waals surface area contributed by atoms with Crippen LogP contribution in [0.3, 0.4) is 0 Å². The van der Waals surface area contributed by atoms with Gasteiger partial charge in [-0.1, -0.05) is 90.0 Å². The molecule has 0 radical (unpaired) electrons. The first-order chi connectivity index (χ1) is 20.7. The number of aromatic amines is 1. The van der Waals surface area contributed by atoms with Crippen molar-refractivity contribution < 1.29 is 18.0 Å². The fraction of sp³-hybridized carbons (Fsp3) is 0.188. The second kappa shape index (κ2) is 13.1. The van der Waals surface area contributed by atoms with Crippen LogP contribution in [0.5, 0.6) is 0 Å². The number of rotatable bonds is 10. The number of aryl methyl sites for hydroxylation is 1. The quantitative estimate of drug-likeness (QED) is 0.171. The second-order valence-corrected chi connectivity index (χ2v) is 10.5. The zero-order chi connectivity index (χ0) is 30.4. The van der Waals surface area contributed by atoms with Crippen LogP contribution in [0, 0.1) is 6.92 Å². The Labute approximate surface area is 251 Å². The van der Waals surface area contributed by atoms with E-state index in [1.54, 1.807) is 47.4 Å². The first-order valence-electron chi connectivity index (χ1n) is 13.5. The maximum absolute atomic E-state index is 13.5. The molecule has 220 valence electrons. The normalized spacial score (nSPS) is 11.4. The van der Waals surface area contributed by atoms with Crippen LogP contribution in [0.2, 0.25) is 5.02 Å². The minimum atomic E-state index is -4.38. The number of hydrogen-bond acceptors (Lipinski definition) is 5. The number of benzene rings is 4. The highest BCUT2D eigenvalue weighted by molar-refractivity contribution is 6.31. The summed E-state index contributed by atoms with van der Waals surface area (Å²) in [6, 6.07) is 27.3. The van der Waals surface area contributed by atoms with E-state index in [1.165, 1.54) is 0 Å². The van der Waals surface area contributed by atoms with Crippen molar-refractivity contribution in [2.45, 2.75) is 32.5 Å². The standard InChI is InChI=1S/C32H28ClF3N6O/c1-21-10-12-22(13-11-21)18-30(43)37-28-19-23(25-7-3-4-8-26(25)31-38-40-41-39-31)14-15-29(28)42(17-16-32(34,35)36)20-24-6-2-5-9-27(24)33/h2-15,19H,16-18,20H2,1H3,(H,37,43)(H,38,39,40,41). The van der Waals surface area contributed by atoms with E-state index in [-0.39, 0.29) is 25.4 Å². The Hall–Kier alpha value is -4.70. The van der Waals surface area contributed by atoms with Gasteiger partial charge in [0.15, 0.2) is 0 Å². The molecule has 0 saturated heterocycles. The summed E-state index contributed by atoms with van der Waals surface area (Å²) < 4.78 is 40.4. The Kier molecular flexibility index (Phi) is 9.06. The highest BCUT2D eigenvalue weighted by Crippen LogP contribution is 2.37. The summed E-state index contributed by atoms with van der Waals surface area (Å²) in [4.78, 5) is 14.9. The maximum atomic E-state index is 13.5. The predicted octanol–water partition coefficient (Wildman–Crippen LogP) is 7.64. The fourth-order valence-electron chi connectivity index (χ4n) is 4.75. The summed E-state index contributed by atoms with van der Waals surface area (Å²) >= 11 is 6.40. The van der Waals surface area contributed by atoms with Gasteiger partial charge in [-0.3, -0.25) is 4.79 Å². The van der Waals surface area contributed by atoms with Gasteiger partial charge in [-0.25, -0.2) is 0 Å². The number of halogens is 4. The van der Waals surface area contributed by atoms with Gasteiger partial charge in [-0.05, 0) is 52.6 Å². The van der Waals surface area contributed by atoms with E-state index in [0.29, 0.717) is 38.9 Å². The number of hydrogen-bond donors (Lipinski definition) is 2. The molecule has 43 heavy (non-hydrogen) atoms. The van der Waals surface area contributed by atoms with Crippen LogP contribution in [0.4, 0.5) is 24.5 Å². The highest BCUT2D eigenvalue weighted by Gasteiger charge is 2.29. The molecule has 0 aliphatic heterocycles. The van der Waals surface area contributed by atoms with Crippen molar-refractivity contribution in [3.05, 3.63) is 113 Å². The lowest BCUT2D eigenvalue weighted by Gasteiger charge is -2.29. The Morgan fingerprint density at radius 2 is 1.67 bits per heavy atom. The molecule has 0 unspecified atom stereocenters. The predicted molar refractivity (Wildman–Crippen MR) is 162 cm³/mol. The average Bonchev–Trinajstić information content (AvgIpc) is 3.52. The molecule has 11 heteroatoms. The topological polar surface area (TPSA) is 86.8 Å². The molecule has 1 amide bonds. The maximum Gasteiger partial charge on any atom is 0.390 e. The lowest BCUT2D eigenvalue weighted by atomic mass is 9.98. The molecule has 2 N–H and O–H groups in total. The zero-order valence-corrected chi connectivity index (χ0v) is 24.0. The van der Waals surface area contributed by atoms with Gasteiger partial charge < -0.3 is 10.2 Å². The number of tetrazole rings is 1. The number of aromatic nitrogens is 4. The van der Waals surface area contributed by atoms with Crippen molar-refractivity contribution in [2.24, 2.45) is 0 Å². The van der Waals surface area contributed by atoms with Gasteiger partial charge in [0.2, 0.25) is 11.7 Å². The monoisotopic (exact) mass is 604 g/mol. The lowest BCUT2D eigenvalue weighted by molar-refractivity contribution is -0.132. The molecule has 5 aromatic rings. The fourth-order valence-corrected chi connectivity index (χ4v) is 4.95. The SMILES string of the molecule is Cc1ccc(CC(=O)Nc2cc(-c3ccccc3-c3nn[nH]n3)ccc2N(CCC(F)(F)F)Cc2ccccc2Cl)cc1. The number of anilines is 2. The van der Waals surface area contributed by atoms with Crippen molar-refractivity contribution in [2.75, 3.05) is 16.8 Å². The van der Waals surface area contributed by atoms with E-state index < -0.39 is 12.6 Å². The molecule has 1 heterocycles. The van der Waals surface area contributed by atoms with Gasteiger partial charge in [0, 0.05) is 23.7 Å². The first-order valence-corrected chi connectivity index (χ1v) is 13.9. The lowest BCUT2D eigenvalue weighted by Crippen LogP contribution is -2.29. The minimum absolute atomic E-state index is 0.0937. The zero-order valence-electron chi connectivity index (χ0n) is 23.2. The van der Waals surface area contributed by atoms with Gasteiger partial charge >= 0.3 is 6.18 Å². The molecule has 0 fully saturated rings. The van der Waals surface area contributed by atoms with Crippen LogP contribution in [0.25, 0.3) is 22.5 Å². The molecule has 5 rings (SSSR count). The third-order valence-corrected chi connectivity index (χ3v) is 7.27. The summed E-state index contributed by atoms with van der Waals surface area (Å²) in [5.74, 6) is 0.0809. The molecule has 0 spiro atoms. The smallest absolute Gasteiger partial charge is 0.365 e. The molecule has 0 aliphatic rings.